The van der Waals surface area contributed by atoms with E-state index >= 15 is 0 Å². The number of likely N-dealkylation sites (N-methyl/N-ethyl adjacent to an activating group) is 1. The number of benzene rings is 2. The zero-order valence-electron chi connectivity index (χ0n) is 12.9. The van der Waals surface area contributed by atoms with Crippen LogP contribution in [-0.2, 0) is 6.42 Å². The minimum Gasteiger partial charge on any atom is -0.370 e. The predicted molar refractivity (Wildman–Crippen MR) is 97.5 cm³/mol. The van der Waals surface area contributed by atoms with E-state index in [4.69, 9.17) is 0 Å². The van der Waals surface area contributed by atoms with E-state index in [-0.39, 0.29) is 0 Å². The molecule has 1 nitrogen and oxygen atoms in total. The number of rotatable bonds is 2. The van der Waals surface area contributed by atoms with Crippen molar-refractivity contribution in [3.8, 4) is 0 Å². The van der Waals surface area contributed by atoms with Crippen molar-refractivity contribution in [3.63, 3.8) is 0 Å². The topological polar surface area (TPSA) is 3.24 Å². The first-order valence-corrected chi connectivity index (χ1v) is 8.61. The summed E-state index contributed by atoms with van der Waals surface area (Å²) in [6, 6.07) is 13.7. The number of aryl methyl sites for hydroxylation is 1. The van der Waals surface area contributed by atoms with Crippen LogP contribution in [0, 0.1) is 0 Å². The Labute approximate surface area is 135 Å². The molecule has 0 radical (unpaired) electrons. The molecule has 1 aliphatic rings. The van der Waals surface area contributed by atoms with E-state index in [0.717, 1.165) is 6.42 Å². The minimum absolute atomic E-state index is 0.330. The summed E-state index contributed by atoms with van der Waals surface area (Å²) in [7, 11) is 2.16. The van der Waals surface area contributed by atoms with Crippen molar-refractivity contribution in [1.82, 2.24) is 4.90 Å². The van der Waals surface area contributed by atoms with Crippen LogP contribution >= 0.6 is 11.3 Å². The zero-order chi connectivity index (χ0) is 15.1. The van der Waals surface area contributed by atoms with Crippen molar-refractivity contribution >= 4 is 31.5 Å². The fourth-order valence-corrected chi connectivity index (χ4v) is 4.67. The van der Waals surface area contributed by atoms with Gasteiger partial charge >= 0.3 is 0 Å². The molecular formula is C20H19NS. The Hall–Kier alpha value is -2.06. The fourth-order valence-electron chi connectivity index (χ4n) is 3.37. The Bertz CT molecular complexity index is 901. The Kier molecular flexibility index (Phi) is 3.27. The van der Waals surface area contributed by atoms with Gasteiger partial charge in [-0.15, -0.1) is 11.3 Å². The molecule has 0 spiro atoms. The molecule has 0 saturated heterocycles. The molecular weight excluding hydrogens is 286 g/mol. The third kappa shape index (κ3) is 1.98. The van der Waals surface area contributed by atoms with Gasteiger partial charge < -0.3 is 4.90 Å². The summed E-state index contributed by atoms with van der Waals surface area (Å²) >= 11 is 1.93. The SMILES string of the molecule is CCc1ccc2c(sc3ccccc32)c1C1C=CC=CN1C. The van der Waals surface area contributed by atoms with Crippen LogP contribution in [-0.4, -0.2) is 11.9 Å². The van der Waals surface area contributed by atoms with E-state index in [2.05, 4.69) is 79.7 Å². The summed E-state index contributed by atoms with van der Waals surface area (Å²) in [5.74, 6) is 0. The normalized spacial score (nSPS) is 17.7. The number of thiophene rings is 1. The number of allylic oxidation sites excluding steroid dienone is 2. The Morgan fingerprint density at radius 1 is 1.05 bits per heavy atom. The highest BCUT2D eigenvalue weighted by Gasteiger charge is 2.21. The average molecular weight is 305 g/mol. The summed E-state index contributed by atoms with van der Waals surface area (Å²) in [6.45, 7) is 2.25. The molecule has 1 unspecified atom stereocenters. The average Bonchev–Trinajstić information content (AvgIpc) is 2.93. The van der Waals surface area contributed by atoms with E-state index in [1.807, 2.05) is 11.3 Å². The van der Waals surface area contributed by atoms with Crippen LogP contribution in [0.1, 0.15) is 24.1 Å². The maximum absolute atomic E-state index is 2.32. The van der Waals surface area contributed by atoms with Crippen molar-refractivity contribution in [3.05, 3.63) is 72.0 Å². The van der Waals surface area contributed by atoms with Crippen LogP contribution in [0.25, 0.3) is 20.2 Å². The zero-order valence-corrected chi connectivity index (χ0v) is 13.7. The first-order chi connectivity index (χ1) is 10.8. The molecule has 1 atom stereocenters. The number of nitrogens with zero attached hydrogens (tertiary/aromatic N) is 1. The third-order valence-electron chi connectivity index (χ3n) is 4.52. The van der Waals surface area contributed by atoms with E-state index in [1.54, 1.807) is 0 Å². The standard InChI is InChI=1S/C20H19NS/c1-3-14-11-12-16-15-8-4-5-10-18(15)22-20(16)19(14)17-9-6-7-13-21(17)2/h4-13,17H,3H2,1-2H3. The molecule has 22 heavy (non-hydrogen) atoms. The van der Waals surface area contributed by atoms with Crippen molar-refractivity contribution < 1.29 is 0 Å². The van der Waals surface area contributed by atoms with Gasteiger partial charge in [0.05, 0.1) is 6.04 Å². The van der Waals surface area contributed by atoms with E-state index < -0.39 is 0 Å². The molecule has 3 aromatic rings. The number of fused-ring (bicyclic) bond motifs is 3. The molecule has 0 aliphatic carbocycles. The van der Waals surface area contributed by atoms with Gasteiger partial charge in [0.25, 0.3) is 0 Å². The summed E-state index contributed by atoms with van der Waals surface area (Å²) in [4.78, 5) is 2.30. The lowest BCUT2D eigenvalue weighted by Crippen LogP contribution is -2.20. The largest absolute Gasteiger partial charge is 0.370 e. The first-order valence-electron chi connectivity index (χ1n) is 7.79. The number of hydrogen-bond donors (Lipinski definition) is 0. The molecule has 4 rings (SSSR count). The molecule has 1 aromatic heterocycles. The molecule has 0 saturated carbocycles. The molecule has 2 heterocycles. The van der Waals surface area contributed by atoms with Gasteiger partial charge in [0.2, 0.25) is 0 Å². The van der Waals surface area contributed by atoms with Crippen molar-refractivity contribution in [2.75, 3.05) is 7.05 Å². The van der Waals surface area contributed by atoms with Crippen LogP contribution in [0.15, 0.2) is 60.8 Å². The quantitative estimate of drug-likeness (QED) is 0.589. The molecule has 2 heteroatoms. The first kappa shape index (κ1) is 13.6. The van der Waals surface area contributed by atoms with Crippen LogP contribution in [0.5, 0.6) is 0 Å². The monoisotopic (exact) mass is 305 g/mol. The van der Waals surface area contributed by atoms with Crippen LogP contribution in [0.2, 0.25) is 0 Å². The number of hydrogen-bond acceptors (Lipinski definition) is 2. The Balaban J connectivity index is 2.06. The lowest BCUT2D eigenvalue weighted by molar-refractivity contribution is 0.390. The lowest BCUT2D eigenvalue weighted by Gasteiger charge is -2.28. The van der Waals surface area contributed by atoms with Gasteiger partial charge in [0.15, 0.2) is 0 Å². The fraction of sp³-hybridized carbons (Fsp3) is 0.200. The van der Waals surface area contributed by atoms with Crippen molar-refractivity contribution in [2.24, 2.45) is 0 Å². The smallest absolute Gasteiger partial charge is 0.0737 e. The van der Waals surface area contributed by atoms with Crippen molar-refractivity contribution in [1.29, 1.82) is 0 Å². The van der Waals surface area contributed by atoms with E-state index in [0.29, 0.717) is 6.04 Å². The lowest BCUT2D eigenvalue weighted by atomic mass is 9.94. The van der Waals surface area contributed by atoms with Gasteiger partial charge in [-0.05, 0) is 35.9 Å². The minimum atomic E-state index is 0.330. The van der Waals surface area contributed by atoms with Gasteiger partial charge in [-0.2, -0.15) is 0 Å². The van der Waals surface area contributed by atoms with Crippen LogP contribution in [0.4, 0.5) is 0 Å². The van der Waals surface area contributed by atoms with Gasteiger partial charge in [-0.3, -0.25) is 0 Å². The second kappa shape index (κ2) is 5.29. The van der Waals surface area contributed by atoms with Gasteiger partial charge in [-0.25, -0.2) is 0 Å². The predicted octanol–water partition coefficient (Wildman–Crippen LogP) is 5.67. The molecule has 110 valence electrons. The maximum atomic E-state index is 2.32. The van der Waals surface area contributed by atoms with Crippen molar-refractivity contribution in [2.45, 2.75) is 19.4 Å². The highest BCUT2D eigenvalue weighted by atomic mass is 32.1. The maximum Gasteiger partial charge on any atom is 0.0737 e. The van der Waals surface area contributed by atoms with Gasteiger partial charge in [0, 0.05) is 27.2 Å². The van der Waals surface area contributed by atoms with Crippen LogP contribution < -0.4 is 0 Å². The summed E-state index contributed by atoms with van der Waals surface area (Å²) in [5.41, 5.74) is 2.93. The molecule has 0 bridgehead atoms. The van der Waals surface area contributed by atoms with E-state index in [9.17, 15) is 0 Å². The summed E-state index contributed by atoms with van der Waals surface area (Å²) in [5, 5.41) is 2.77. The third-order valence-corrected chi connectivity index (χ3v) is 5.74. The second-order valence-electron chi connectivity index (χ2n) is 5.80. The highest BCUT2D eigenvalue weighted by molar-refractivity contribution is 7.26. The summed E-state index contributed by atoms with van der Waals surface area (Å²) < 4.78 is 2.82. The molecule has 0 N–H and O–H groups in total. The second-order valence-corrected chi connectivity index (χ2v) is 6.86. The Morgan fingerprint density at radius 2 is 1.91 bits per heavy atom. The van der Waals surface area contributed by atoms with Gasteiger partial charge in [-0.1, -0.05) is 49.4 Å². The Morgan fingerprint density at radius 3 is 2.73 bits per heavy atom. The van der Waals surface area contributed by atoms with Gasteiger partial charge in [0.1, 0.15) is 0 Å². The van der Waals surface area contributed by atoms with Crippen LogP contribution in [0.3, 0.4) is 0 Å². The summed E-state index contributed by atoms with van der Waals surface area (Å²) in [6.07, 6.45) is 9.80. The van der Waals surface area contributed by atoms with E-state index in [1.165, 1.54) is 31.3 Å². The molecule has 1 aliphatic heterocycles. The highest BCUT2D eigenvalue weighted by Crippen LogP contribution is 2.41. The molecule has 2 aromatic carbocycles. The molecule has 0 amide bonds. The molecule has 0 fully saturated rings.